The SMILES string of the molecule is CN(Cc1ccc(F)cc1)c1nc2ccccn2c1CO. The molecule has 108 valence electrons. The predicted molar refractivity (Wildman–Crippen MR) is 79.6 cm³/mol. The highest BCUT2D eigenvalue weighted by molar-refractivity contribution is 5.55. The van der Waals surface area contributed by atoms with Crippen LogP contribution in [0.2, 0.25) is 0 Å². The van der Waals surface area contributed by atoms with Gasteiger partial charge >= 0.3 is 0 Å². The van der Waals surface area contributed by atoms with E-state index in [-0.39, 0.29) is 12.4 Å². The first kappa shape index (κ1) is 13.6. The van der Waals surface area contributed by atoms with E-state index in [9.17, 15) is 9.50 Å². The highest BCUT2D eigenvalue weighted by atomic mass is 19.1. The lowest BCUT2D eigenvalue weighted by Crippen LogP contribution is -2.18. The van der Waals surface area contributed by atoms with E-state index < -0.39 is 0 Å². The van der Waals surface area contributed by atoms with E-state index in [1.54, 1.807) is 12.1 Å². The molecule has 0 amide bonds. The van der Waals surface area contributed by atoms with Gasteiger partial charge in [0.15, 0.2) is 5.82 Å². The van der Waals surface area contributed by atoms with Crippen LogP contribution in [0, 0.1) is 5.82 Å². The van der Waals surface area contributed by atoms with Crippen molar-refractivity contribution in [1.29, 1.82) is 0 Å². The molecule has 5 heteroatoms. The number of aromatic nitrogens is 2. The van der Waals surface area contributed by atoms with Crippen LogP contribution < -0.4 is 4.90 Å². The monoisotopic (exact) mass is 285 g/mol. The average Bonchev–Trinajstić information content (AvgIpc) is 2.88. The molecule has 0 fully saturated rings. The van der Waals surface area contributed by atoms with Crippen LogP contribution in [0.15, 0.2) is 48.7 Å². The van der Waals surface area contributed by atoms with E-state index in [1.807, 2.05) is 40.7 Å². The normalized spacial score (nSPS) is 11.0. The van der Waals surface area contributed by atoms with Crippen LogP contribution in [-0.2, 0) is 13.2 Å². The van der Waals surface area contributed by atoms with Crippen LogP contribution in [0.25, 0.3) is 5.65 Å². The Hall–Kier alpha value is -2.40. The number of hydrogen-bond donors (Lipinski definition) is 1. The van der Waals surface area contributed by atoms with Crippen LogP contribution in [0.1, 0.15) is 11.3 Å². The van der Waals surface area contributed by atoms with Crippen molar-refractivity contribution in [2.75, 3.05) is 11.9 Å². The van der Waals surface area contributed by atoms with Crippen molar-refractivity contribution in [3.8, 4) is 0 Å². The highest BCUT2D eigenvalue weighted by Gasteiger charge is 2.15. The van der Waals surface area contributed by atoms with Crippen LogP contribution in [0.4, 0.5) is 10.2 Å². The standard InChI is InChI=1S/C16H16FN3O/c1-19(10-12-5-7-13(17)8-6-12)16-14(11-21)20-9-3-2-4-15(20)18-16/h2-9,21H,10-11H2,1H3. The highest BCUT2D eigenvalue weighted by Crippen LogP contribution is 2.22. The van der Waals surface area contributed by atoms with Crippen LogP contribution in [0.5, 0.6) is 0 Å². The minimum absolute atomic E-state index is 0.0890. The number of imidazole rings is 1. The van der Waals surface area contributed by atoms with Gasteiger partial charge < -0.3 is 10.0 Å². The molecule has 21 heavy (non-hydrogen) atoms. The maximum Gasteiger partial charge on any atom is 0.153 e. The van der Waals surface area contributed by atoms with E-state index in [0.717, 1.165) is 22.7 Å². The van der Waals surface area contributed by atoms with Crippen LogP contribution in [0.3, 0.4) is 0 Å². The van der Waals surface area contributed by atoms with Crippen LogP contribution in [-0.4, -0.2) is 21.5 Å². The first-order valence-corrected chi connectivity index (χ1v) is 6.71. The Bertz CT molecular complexity index is 752. The lowest BCUT2D eigenvalue weighted by Gasteiger charge is -2.18. The first-order valence-electron chi connectivity index (χ1n) is 6.71. The number of rotatable bonds is 4. The van der Waals surface area contributed by atoms with E-state index in [2.05, 4.69) is 4.98 Å². The zero-order valence-corrected chi connectivity index (χ0v) is 11.7. The van der Waals surface area contributed by atoms with Gasteiger partial charge in [0, 0.05) is 19.8 Å². The summed E-state index contributed by atoms with van der Waals surface area (Å²) in [5.41, 5.74) is 2.53. The fourth-order valence-electron chi connectivity index (χ4n) is 2.43. The number of aliphatic hydroxyl groups is 1. The Labute approximate surface area is 122 Å². The molecule has 0 saturated carbocycles. The van der Waals surface area contributed by atoms with Gasteiger partial charge in [-0.05, 0) is 29.8 Å². The van der Waals surface area contributed by atoms with Crippen molar-refractivity contribution < 1.29 is 9.50 Å². The number of hydrogen-bond acceptors (Lipinski definition) is 3. The second kappa shape index (κ2) is 5.54. The lowest BCUT2D eigenvalue weighted by molar-refractivity contribution is 0.276. The van der Waals surface area contributed by atoms with Crippen molar-refractivity contribution in [3.05, 3.63) is 65.7 Å². The minimum atomic E-state index is -0.245. The van der Waals surface area contributed by atoms with Gasteiger partial charge in [0.05, 0.1) is 12.3 Å². The van der Waals surface area contributed by atoms with E-state index in [0.29, 0.717) is 6.54 Å². The molecule has 2 aromatic heterocycles. The van der Waals surface area contributed by atoms with Gasteiger partial charge in [0.1, 0.15) is 11.5 Å². The zero-order valence-electron chi connectivity index (χ0n) is 11.7. The molecule has 0 aliphatic rings. The largest absolute Gasteiger partial charge is 0.390 e. The van der Waals surface area contributed by atoms with Gasteiger partial charge in [-0.1, -0.05) is 18.2 Å². The number of fused-ring (bicyclic) bond motifs is 1. The maximum atomic E-state index is 12.9. The molecule has 0 aliphatic heterocycles. The molecule has 3 aromatic rings. The zero-order chi connectivity index (χ0) is 14.8. The summed E-state index contributed by atoms with van der Waals surface area (Å²) in [5, 5.41) is 9.62. The molecule has 1 aromatic carbocycles. The van der Waals surface area contributed by atoms with Gasteiger partial charge in [-0.3, -0.25) is 4.40 Å². The van der Waals surface area contributed by atoms with Gasteiger partial charge in [0.2, 0.25) is 0 Å². The van der Waals surface area contributed by atoms with Crippen molar-refractivity contribution in [3.63, 3.8) is 0 Å². The summed E-state index contributed by atoms with van der Waals surface area (Å²) < 4.78 is 14.8. The number of benzene rings is 1. The quantitative estimate of drug-likeness (QED) is 0.801. The van der Waals surface area contributed by atoms with E-state index in [4.69, 9.17) is 0 Å². The number of halogens is 1. The molecule has 0 saturated heterocycles. The summed E-state index contributed by atoms with van der Waals surface area (Å²) in [7, 11) is 1.91. The smallest absolute Gasteiger partial charge is 0.153 e. The van der Waals surface area contributed by atoms with Gasteiger partial charge in [-0.25, -0.2) is 9.37 Å². The predicted octanol–water partition coefficient (Wildman–Crippen LogP) is 2.60. The van der Waals surface area contributed by atoms with Gasteiger partial charge in [-0.2, -0.15) is 0 Å². The Morgan fingerprint density at radius 1 is 1.19 bits per heavy atom. The second-order valence-corrected chi connectivity index (χ2v) is 4.95. The van der Waals surface area contributed by atoms with Gasteiger partial charge in [-0.15, -0.1) is 0 Å². The summed E-state index contributed by atoms with van der Waals surface area (Å²) in [6.45, 7) is 0.505. The van der Waals surface area contributed by atoms with Gasteiger partial charge in [0.25, 0.3) is 0 Å². The van der Waals surface area contributed by atoms with Crippen molar-refractivity contribution in [2.45, 2.75) is 13.2 Å². The summed E-state index contributed by atoms with van der Waals surface area (Å²) in [6.07, 6.45) is 1.88. The molecule has 1 N–H and O–H groups in total. The maximum absolute atomic E-state index is 12.9. The molecule has 2 heterocycles. The molecular weight excluding hydrogens is 269 g/mol. The molecule has 0 atom stereocenters. The fraction of sp³-hybridized carbons (Fsp3) is 0.188. The Kier molecular flexibility index (Phi) is 3.58. The Morgan fingerprint density at radius 2 is 1.95 bits per heavy atom. The summed E-state index contributed by atoms with van der Waals surface area (Å²) >= 11 is 0. The van der Waals surface area contributed by atoms with E-state index in [1.165, 1.54) is 12.1 Å². The average molecular weight is 285 g/mol. The molecular formula is C16H16FN3O. The summed E-state index contributed by atoms with van der Waals surface area (Å²) in [5.74, 6) is 0.484. The third kappa shape index (κ3) is 2.60. The summed E-state index contributed by atoms with van der Waals surface area (Å²) in [6, 6.07) is 12.1. The summed E-state index contributed by atoms with van der Waals surface area (Å²) in [4.78, 5) is 6.50. The molecule has 0 spiro atoms. The lowest BCUT2D eigenvalue weighted by atomic mass is 10.2. The Morgan fingerprint density at radius 3 is 2.67 bits per heavy atom. The second-order valence-electron chi connectivity index (χ2n) is 4.95. The number of anilines is 1. The van der Waals surface area contributed by atoms with Crippen molar-refractivity contribution in [1.82, 2.24) is 9.38 Å². The number of aliphatic hydroxyl groups excluding tert-OH is 1. The first-order chi connectivity index (χ1) is 10.2. The molecule has 0 radical (unpaired) electrons. The van der Waals surface area contributed by atoms with E-state index >= 15 is 0 Å². The third-order valence-corrected chi connectivity index (χ3v) is 3.45. The van der Waals surface area contributed by atoms with Crippen molar-refractivity contribution in [2.24, 2.45) is 0 Å². The number of nitrogens with zero attached hydrogens (tertiary/aromatic N) is 3. The minimum Gasteiger partial charge on any atom is -0.390 e. The van der Waals surface area contributed by atoms with Crippen LogP contribution >= 0.6 is 0 Å². The molecule has 0 bridgehead atoms. The molecule has 4 nitrogen and oxygen atoms in total. The third-order valence-electron chi connectivity index (χ3n) is 3.45. The topological polar surface area (TPSA) is 40.8 Å². The Balaban J connectivity index is 1.93. The molecule has 3 rings (SSSR count). The fourth-order valence-corrected chi connectivity index (χ4v) is 2.43. The molecule has 0 aliphatic carbocycles. The number of pyridine rings is 1. The molecule has 0 unspecified atom stereocenters. The van der Waals surface area contributed by atoms with Crippen molar-refractivity contribution >= 4 is 11.5 Å².